The normalized spacial score (nSPS) is 22.6. The van der Waals surface area contributed by atoms with Crippen molar-refractivity contribution in [2.75, 3.05) is 20.3 Å². The van der Waals surface area contributed by atoms with Crippen LogP contribution in [0.15, 0.2) is 36.4 Å². The topological polar surface area (TPSA) is 52.4 Å². The van der Waals surface area contributed by atoms with E-state index in [0.29, 0.717) is 16.1 Å². The largest absolute Gasteiger partial charge is 0.484 e. The number of aromatic nitrogens is 3. The van der Waals surface area contributed by atoms with Crippen LogP contribution in [0.25, 0.3) is 5.69 Å². The fourth-order valence-electron chi connectivity index (χ4n) is 5.38. The molecule has 0 amide bonds. The molecule has 0 N–H and O–H groups in total. The Morgan fingerprint density at radius 2 is 1.79 bits per heavy atom. The summed E-state index contributed by atoms with van der Waals surface area (Å²) in [4.78, 5) is 2.54. The van der Waals surface area contributed by atoms with Gasteiger partial charge in [-0.25, -0.2) is 0 Å². The quantitative estimate of drug-likeness (QED) is 0.470. The monoisotopic (exact) mass is 486 g/mol. The average molecular weight is 487 g/mol. The highest BCUT2D eigenvalue weighted by molar-refractivity contribution is 6.35. The number of hydrogen-bond acceptors (Lipinski definition) is 5. The summed E-state index contributed by atoms with van der Waals surface area (Å²) in [6.45, 7) is 5.65. The molecule has 2 heterocycles. The standard InChI is InChI=1S/C25H28Cl2N4O2/c1-15-28-29-16(2)31(15)18-6-8-20(9-7-18)33-25-22-11-17(26)12-23(27)21(22)13-24(25)30-10-4-5-19(30)14-32-3/h6-9,11-12,19,24-25H,4-5,10,13-14H2,1-3H3/t19-,24-,25-/m0/s1. The molecule has 0 saturated carbocycles. The number of aryl methyl sites for hydroxylation is 2. The van der Waals surface area contributed by atoms with Gasteiger partial charge in [-0.1, -0.05) is 23.2 Å². The highest BCUT2D eigenvalue weighted by Crippen LogP contribution is 2.44. The lowest BCUT2D eigenvalue weighted by atomic mass is 10.1. The third-order valence-corrected chi connectivity index (χ3v) is 7.37. The SMILES string of the molecule is COC[C@@H]1CCCN1[C@H]1Cc2c(Cl)cc(Cl)cc2[C@@H]1Oc1ccc(-n2c(C)nnc2C)cc1. The zero-order valence-corrected chi connectivity index (χ0v) is 20.6. The molecule has 5 rings (SSSR count). The van der Waals surface area contributed by atoms with Crippen LogP contribution in [0.1, 0.15) is 41.7 Å². The Bertz CT molecular complexity index is 1130. The molecule has 3 aromatic rings. The Morgan fingerprint density at radius 3 is 2.48 bits per heavy atom. The Morgan fingerprint density at radius 1 is 1.06 bits per heavy atom. The van der Waals surface area contributed by atoms with Gasteiger partial charge in [-0.15, -0.1) is 10.2 Å². The Kier molecular flexibility index (Phi) is 6.36. The van der Waals surface area contributed by atoms with E-state index >= 15 is 0 Å². The lowest BCUT2D eigenvalue weighted by molar-refractivity contribution is 0.0390. The Hall–Kier alpha value is -2.12. The molecular weight excluding hydrogens is 459 g/mol. The number of rotatable bonds is 6. The molecule has 3 atom stereocenters. The molecule has 33 heavy (non-hydrogen) atoms. The maximum atomic E-state index is 6.66. The Labute approximate surface area is 204 Å². The summed E-state index contributed by atoms with van der Waals surface area (Å²) in [7, 11) is 1.77. The number of halogens is 2. The third-order valence-electron chi connectivity index (χ3n) is 6.82. The molecule has 2 aliphatic rings. The summed E-state index contributed by atoms with van der Waals surface area (Å²) in [5.74, 6) is 2.52. The van der Waals surface area contributed by atoms with E-state index in [1.807, 2.05) is 54.8 Å². The van der Waals surface area contributed by atoms with Crippen molar-refractivity contribution >= 4 is 23.2 Å². The number of fused-ring (bicyclic) bond motifs is 1. The average Bonchev–Trinajstić information content (AvgIpc) is 3.47. The second kappa shape index (κ2) is 9.26. The van der Waals surface area contributed by atoms with E-state index in [1.54, 1.807) is 7.11 Å². The first-order chi connectivity index (χ1) is 16.0. The van der Waals surface area contributed by atoms with Crippen molar-refractivity contribution in [3.63, 3.8) is 0 Å². The summed E-state index contributed by atoms with van der Waals surface area (Å²) in [6.07, 6.45) is 2.98. The van der Waals surface area contributed by atoms with Crippen LogP contribution in [0.4, 0.5) is 0 Å². The van der Waals surface area contributed by atoms with Gasteiger partial charge in [0, 0.05) is 34.4 Å². The summed E-state index contributed by atoms with van der Waals surface area (Å²) in [5.41, 5.74) is 3.22. The maximum Gasteiger partial charge on any atom is 0.140 e. The molecule has 1 fully saturated rings. The number of benzene rings is 2. The van der Waals surface area contributed by atoms with Crippen LogP contribution in [0, 0.1) is 13.8 Å². The molecule has 174 valence electrons. The molecule has 1 saturated heterocycles. The van der Waals surface area contributed by atoms with E-state index in [2.05, 4.69) is 15.1 Å². The van der Waals surface area contributed by atoms with Crippen molar-refractivity contribution in [2.45, 2.75) is 51.3 Å². The number of methoxy groups -OCH3 is 1. The van der Waals surface area contributed by atoms with Crippen LogP contribution < -0.4 is 4.74 Å². The number of likely N-dealkylation sites (tertiary alicyclic amines) is 1. The zero-order valence-electron chi connectivity index (χ0n) is 19.1. The van der Waals surface area contributed by atoms with Crippen LogP contribution >= 0.6 is 23.2 Å². The van der Waals surface area contributed by atoms with Gasteiger partial charge in [0.2, 0.25) is 0 Å². The van der Waals surface area contributed by atoms with Gasteiger partial charge in [-0.2, -0.15) is 0 Å². The van der Waals surface area contributed by atoms with E-state index in [1.165, 1.54) is 0 Å². The molecule has 0 radical (unpaired) electrons. The maximum absolute atomic E-state index is 6.66. The Balaban J connectivity index is 1.46. The second-order valence-electron chi connectivity index (χ2n) is 8.88. The van der Waals surface area contributed by atoms with Crippen molar-refractivity contribution in [3.05, 3.63) is 69.2 Å². The van der Waals surface area contributed by atoms with Crippen molar-refractivity contribution in [1.82, 2.24) is 19.7 Å². The van der Waals surface area contributed by atoms with Crippen LogP contribution in [-0.2, 0) is 11.2 Å². The van der Waals surface area contributed by atoms with Gasteiger partial charge >= 0.3 is 0 Å². The lowest BCUT2D eigenvalue weighted by Crippen LogP contribution is -2.44. The minimum absolute atomic E-state index is 0.155. The molecule has 1 aliphatic carbocycles. The molecule has 8 heteroatoms. The second-order valence-corrected chi connectivity index (χ2v) is 9.72. The van der Waals surface area contributed by atoms with Crippen molar-refractivity contribution in [1.29, 1.82) is 0 Å². The lowest BCUT2D eigenvalue weighted by Gasteiger charge is -2.34. The molecular formula is C25H28Cl2N4O2. The minimum Gasteiger partial charge on any atom is -0.484 e. The third kappa shape index (κ3) is 4.26. The van der Waals surface area contributed by atoms with Crippen molar-refractivity contribution in [3.8, 4) is 11.4 Å². The molecule has 2 aromatic carbocycles. The molecule has 0 spiro atoms. The predicted octanol–water partition coefficient (Wildman–Crippen LogP) is 5.35. The highest BCUT2D eigenvalue weighted by Gasteiger charge is 2.43. The molecule has 0 unspecified atom stereocenters. The highest BCUT2D eigenvalue weighted by atomic mass is 35.5. The van der Waals surface area contributed by atoms with Crippen molar-refractivity contribution < 1.29 is 9.47 Å². The number of nitrogens with zero attached hydrogens (tertiary/aromatic N) is 4. The van der Waals surface area contributed by atoms with Gasteiger partial charge in [0.15, 0.2) is 0 Å². The zero-order chi connectivity index (χ0) is 23.1. The summed E-state index contributed by atoms with van der Waals surface area (Å²) in [6, 6.07) is 12.5. The van der Waals surface area contributed by atoms with E-state index in [0.717, 1.165) is 66.6 Å². The molecule has 0 bridgehead atoms. The van der Waals surface area contributed by atoms with E-state index < -0.39 is 0 Å². The predicted molar refractivity (Wildman–Crippen MR) is 130 cm³/mol. The fourth-order valence-corrected chi connectivity index (χ4v) is 5.96. The molecule has 1 aliphatic heterocycles. The first-order valence-corrected chi connectivity index (χ1v) is 12.1. The van der Waals surface area contributed by atoms with Gasteiger partial charge in [-0.05, 0) is 81.6 Å². The van der Waals surface area contributed by atoms with Gasteiger partial charge in [0.25, 0.3) is 0 Å². The first kappa shape index (κ1) is 22.7. The summed E-state index contributed by atoms with van der Waals surface area (Å²) >= 11 is 13.0. The van der Waals surface area contributed by atoms with Crippen LogP contribution in [0.2, 0.25) is 10.0 Å². The minimum atomic E-state index is -0.155. The van der Waals surface area contributed by atoms with Crippen LogP contribution in [-0.4, -0.2) is 52.0 Å². The van der Waals surface area contributed by atoms with Gasteiger partial charge < -0.3 is 9.47 Å². The van der Waals surface area contributed by atoms with Gasteiger partial charge in [-0.3, -0.25) is 9.47 Å². The molecule has 6 nitrogen and oxygen atoms in total. The summed E-state index contributed by atoms with van der Waals surface area (Å²) in [5, 5.41) is 9.66. The smallest absolute Gasteiger partial charge is 0.140 e. The first-order valence-electron chi connectivity index (χ1n) is 11.3. The van der Waals surface area contributed by atoms with Crippen LogP contribution in [0.5, 0.6) is 5.75 Å². The number of ether oxygens (including phenoxy) is 2. The molecule has 1 aromatic heterocycles. The summed E-state index contributed by atoms with van der Waals surface area (Å²) < 4.78 is 14.2. The van der Waals surface area contributed by atoms with Gasteiger partial charge in [0.1, 0.15) is 23.5 Å². The van der Waals surface area contributed by atoms with Gasteiger partial charge in [0.05, 0.1) is 12.6 Å². The van der Waals surface area contributed by atoms with E-state index in [-0.39, 0.29) is 12.1 Å². The fraction of sp³-hybridized carbons (Fsp3) is 0.440. The van der Waals surface area contributed by atoms with Crippen molar-refractivity contribution in [2.24, 2.45) is 0 Å². The van der Waals surface area contributed by atoms with E-state index in [4.69, 9.17) is 32.7 Å². The van der Waals surface area contributed by atoms with E-state index in [9.17, 15) is 0 Å². The number of hydrogen-bond donors (Lipinski definition) is 0. The van der Waals surface area contributed by atoms with Crippen LogP contribution in [0.3, 0.4) is 0 Å².